The third kappa shape index (κ3) is 5.15. The van der Waals surface area contributed by atoms with Crippen molar-refractivity contribution in [1.82, 2.24) is 30.5 Å². The lowest BCUT2D eigenvalue weighted by Crippen LogP contribution is -2.29. The second-order valence-electron chi connectivity index (χ2n) is 8.52. The lowest BCUT2D eigenvalue weighted by molar-refractivity contribution is 0.0935. The molecule has 0 aliphatic heterocycles. The summed E-state index contributed by atoms with van der Waals surface area (Å²) in [5.41, 5.74) is 3.82. The van der Waals surface area contributed by atoms with Crippen LogP contribution in [0, 0.1) is 23.0 Å². The molecule has 1 amide bonds. The number of carbonyl (C=O) groups is 1. The topological polar surface area (TPSA) is 132 Å². The minimum absolute atomic E-state index is 0.0336. The van der Waals surface area contributed by atoms with Gasteiger partial charge in [-0.2, -0.15) is 10.4 Å². The molecule has 188 valence electrons. The van der Waals surface area contributed by atoms with Gasteiger partial charge in [0.15, 0.2) is 34.5 Å². The Morgan fingerprint density at radius 3 is 2.61 bits per heavy atom. The van der Waals surface area contributed by atoms with E-state index in [0.29, 0.717) is 12.1 Å². The molecule has 11 heteroatoms. The van der Waals surface area contributed by atoms with Gasteiger partial charge in [0, 0.05) is 23.7 Å². The van der Waals surface area contributed by atoms with E-state index in [1.54, 1.807) is 19.3 Å². The Morgan fingerprint density at radius 2 is 1.84 bits per heavy atom. The first kappa shape index (κ1) is 24.5. The Hall–Kier alpha value is -5.24. The van der Waals surface area contributed by atoms with E-state index < -0.39 is 23.6 Å². The van der Waals surface area contributed by atoms with E-state index in [1.807, 2.05) is 36.4 Å². The predicted octanol–water partition coefficient (Wildman–Crippen LogP) is 4.67. The average Bonchev–Trinajstić information content (AvgIpc) is 3.41. The fourth-order valence-corrected chi connectivity index (χ4v) is 3.86. The van der Waals surface area contributed by atoms with Gasteiger partial charge in [0.2, 0.25) is 0 Å². The Bertz CT molecular complexity index is 1680. The number of rotatable bonds is 7. The number of nitrogens with zero attached hydrogens (tertiary/aromatic N) is 5. The molecule has 0 unspecified atom stereocenters. The van der Waals surface area contributed by atoms with Gasteiger partial charge in [-0.1, -0.05) is 30.3 Å². The number of halogens is 2. The highest BCUT2D eigenvalue weighted by Gasteiger charge is 2.19. The normalized spacial score (nSPS) is 11.6. The molecule has 3 heterocycles. The zero-order valence-electron chi connectivity index (χ0n) is 20.0. The Balaban J connectivity index is 1.30. The molecule has 38 heavy (non-hydrogen) atoms. The number of carbonyl (C=O) groups excluding carboxylic acids is 1. The number of anilines is 1. The van der Waals surface area contributed by atoms with E-state index >= 15 is 0 Å². The lowest BCUT2D eigenvalue weighted by atomic mass is 10.0. The van der Waals surface area contributed by atoms with Gasteiger partial charge in [0.05, 0.1) is 18.4 Å². The first-order valence-electron chi connectivity index (χ1n) is 11.6. The van der Waals surface area contributed by atoms with Crippen LogP contribution in [0.1, 0.15) is 40.3 Å². The van der Waals surface area contributed by atoms with Crippen molar-refractivity contribution in [3.8, 4) is 17.2 Å². The van der Waals surface area contributed by atoms with Crippen LogP contribution in [-0.2, 0) is 6.54 Å². The van der Waals surface area contributed by atoms with Crippen LogP contribution in [-0.4, -0.2) is 31.1 Å². The van der Waals surface area contributed by atoms with Crippen LogP contribution in [0.15, 0.2) is 67.1 Å². The van der Waals surface area contributed by atoms with Crippen molar-refractivity contribution in [1.29, 1.82) is 5.26 Å². The van der Waals surface area contributed by atoms with Crippen LogP contribution in [0.3, 0.4) is 0 Å². The summed E-state index contributed by atoms with van der Waals surface area (Å²) in [5.74, 6) is -2.43. The predicted molar refractivity (Wildman–Crippen MR) is 136 cm³/mol. The number of fused-ring (bicyclic) bond motifs is 1. The van der Waals surface area contributed by atoms with Gasteiger partial charge < -0.3 is 10.6 Å². The number of amides is 1. The summed E-state index contributed by atoms with van der Waals surface area (Å²) in [7, 11) is 0. The largest absolute Gasteiger partial charge is 0.364 e. The number of benzene rings is 2. The number of H-pyrrole nitrogens is 1. The van der Waals surface area contributed by atoms with Crippen LogP contribution >= 0.6 is 0 Å². The number of aromatic nitrogens is 5. The summed E-state index contributed by atoms with van der Waals surface area (Å²) in [6, 6.07) is 14.4. The Morgan fingerprint density at radius 1 is 1.03 bits per heavy atom. The minimum Gasteiger partial charge on any atom is -0.364 e. The number of nitrogens with one attached hydrogen (secondary N) is 3. The lowest BCUT2D eigenvalue weighted by Gasteiger charge is -2.16. The van der Waals surface area contributed by atoms with E-state index in [1.165, 1.54) is 12.3 Å². The van der Waals surface area contributed by atoms with Crippen LogP contribution in [0.4, 0.5) is 14.6 Å². The quantitative estimate of drug-likeness (QED) is 0.290. The summed E-state index contributed by atoms with van der Waals surface area (Å²) >= 11 is 0. The average molecular weight is 511 g/mol. The zero-order chi connectivity index (χ0) is 26.6. The molecule has 9 nitrogen and oxygen atoms in total. The van der Waals surface area contributed by atoms with E-state index in [-0.39, 0.29) is 17.2 Å². The van der Waals surface area contributed by atoms with E-state index in [0.717, 1.165) is 39.9 Å². The molecule has 3 aromatic heterocycles. The molecule has 1 atom stereocenters. The van der Waals surface area contributed by atoms with E-state index in [2.05, 4.69) is 35.8 Å². The van der Waals surface area contributed by atoms with Gasteiger partial charge in [-0.15, -0.1) is 0 Å². The maximum Gasteiger partial charge on any atom is 0.274 e. The first-order valence-corrected chi connectivity index (χ1v) is 11.6. The maximum atomic E-state index is 13.6. The molecule has 5 aromatic rings. The van der Waals surface area contributed by atoms with Gasteiger partial charge >= 0.3 is 0 Å². The molecule has 0 spiro atoms. The van der Waals surface area contributed by atoms with Crippen LogP contribution in [0.25, 0.3) is 22.2 Å². The second-order valence-corrected chi connectivity index (χ2v) is 8.52. The molecule has 5 rings (SSSR count). The SMILES string of the molecule is C[C@H](NC(=O)c1nc(C#N)cnc1NCc1ccc(-c2cnc3[nH]ncc3c2)cc1)c1ccc(F)c(F)c1. The highest BCUT2D eigenvalue weighted by atomic mass is 19.2. The summed E-state index contributed by atoms with van der Waals surface area (Å²) < 4.78 is 26.9. The molecule has 0 aliphatic rings. The number of nitriles is 1. The van der Waals surface area contributed by atoms with Crippen molar-refractivity contribution in [3.05, 3.63) is 101 Å². The van der Waals surface area contributed by atoms with Crippen molar-refractivity contribution in [2.24, 2.45) is 0 Å². The number of hydrogen-bond donors (Lipinski definition) is 3. The fourth-order valence-electron chi connectivity index (χ4n) is 3.86. The van der Waals surface area contributed by atoms with E-state index in [4.69, 9.17) is 0 Å². The highest BCUT2D eigenvalue weighted by Crippen LogP contribution is 2.23. The summed E-state index contributed by atoms with van der Waals surface area (Å²) in [6.07, 6.45) is 4.75. The molecule has 2 aromatic carbocycles. The molecule has 0 saturated heterocycles. The smallest absolute Gasteiger partial charge is 0.274 e. The maximum absolute atomic E-state index is 13.6. The van der Waals surface area contributed by atoms with Crippen LogP contribution in [0.2, 0.25) is 0 Å². The number of aromatic amines is 1. The second kappa shape index (κ2) is 10.4. The van der Waals surface area contributed by atoms with Crippen LogP contribution in [0.5, 0.6) is 0 Å². The molecule has 0 fully saturated rings. The molecule has 0 aliphatic carbocycles. The number of pyridine rings is 1. The monoisotopic (exact) mass is 510 g/mol. The highest BCUT2D eigenvalue weighted by molar-refractivity contribution is 5.97. The third-order valence-electron chi connectivity index (χ3n) is 5.93. The van der Waals surface area contributed by atoms with Crippen molar-refractivity contribution in [2.75, 3.05) is 5.32 Å². The van der Waals surface area contributed by atoms with Gasteiger partial charge in [-0.05, 0) is 41.8 Å². The Labute approximate surface area is 215 Å². The zero-order valence-corrected chi connectivity index (χ0v) is 20.0. The fraction of sp³-hybridized carbons (Fsp3) is 0.111. The van der Waals surface area contributed by atoms with Gasteiger partial charge in [0.1, 0.15) is 6.07 Å². The molecule has 0 radical (unpaired) electrons. The molecular weight excluding hydrogens is 490 g/mol. The molecule has 3 N–H and O–H groups in total. The van der Waals surface area contributed by atoms with Gasteiger partial charge in [-0.25, -0.2) is 23.7 Å². The van der Waals surface area contributed by atoms with Crippen molar-refractivity contribution < 1.29 is 13.6 Å². The third-order valence-corrected chi connectivity index (χ3v) is 5.93. The molecule has 0 bridgehead atoms. The van der Waals surface area contributed by atoms with Gasteiger partial charge in [-0.3, -0.25) is 9.89 Å². The molecular formula is C27H20F2N8O. The first-order chi connectivity index (χ1) is 18.4. The van der Waals surface area contributed by atoms with Crippen molar-refractivity contribution >= 4 is 22.8 Å². The summed E-state index contributed by atoms with van der Waals surface area (Å²) in [6.45, 7) is 1.96. The summed E-state index contributed by atoms with van der Waals surface area (Å²) in [5, 5.41) is 22.7. The van der Waals surface area contributed by atoms with E-state index in [9.17, 15) is 18.8 Å². The summed E-state index contributed by atoms with van der Waals surface area (Å²) in [4.78, 5) is 25.7. The van der Waals surface area contributed by atoms with Crippen LogP contribution < -0.4 is 10.6 Å². The molecule has 0 saturated carbocycles. The minimum atomic E-state index is -1.01. The standard InChI is InChI=1S/C27H20F2N8O/c1-15(18-6-7-22(28)23(29)9-18)35-27(38)24-26(33-14-21(10-30)36-24)31-11-16-2-4-17(5-3-16)19-8-20-13-34-37-25(20)32-12-19/h2-9,12-15H,11H2,1H3,(H,31,33)(H,35,38)(H,32,34,37)/t15-/m0/s1. The van der Waals surface area contributed by atoms with Gasteiger partial charge in [0.25, 0.3) is 5.91 Å². The Kier molecular flexibility index (Phi) is 6.69. The van der Waals surface area contributed by atoms with Crippen molar-refractivity contribution in [3.63, 3.8) is 0 Å². The van der Waals surface area contributed by atoms with Crippen molar-refractivity contribution in [2.45, 2.75) is 19.5 Å². The number of hydrogen-bond acceptors (Lipinski definition) is 7.